The second-order valence-electron chi connectivity index (χ2n) is 2.77. The molecule has 0 bridgehead atoms. The molecule has 0 aliphatic carbocycles. The number of halogens is 3. The highest BCUT2D eigenvalue weighted by Gasteiger charge is 2.16. The molecular weight excluding hydrogens is 195 g/mol. The number of rotatable bonds is 2. The third-order valence-corrected chi connectivity index (χ3v) is 1.58. The number of benzene rings is 1. The van der Waals surface area contributed by atoms with Gasteiger partial charge in [0, 0.05) is 0 Å². The fourth-order valence-corrected chi connectivity index (χ4v) is 0.922. The van der Waals surface area contributed by atoms with E-state index in [0.29, 0.717) is 5.56 Å². The van der Waals surface area contributed by atoms with E-state index >= 15 is 0 Å². The van der Waals surface area contributed by atoms with Crippen LogP contribution in [0.2, 0.25) is 0 Å². The maximum Gasteiger partial charge on any atom is 0.315 e. The van der Waals surface area contributed by atoms with Crippen LogP contribution in [0.5, 0.6) is 0 Å². The Morgan fingerprint density at radius 1 is 1.43 bits per heavy atom. The summed E-state index contributed by atoms with van der Waals surface area (Å²) in [5, 5.41) is 1.79. The molecule has 1 rings (SSSR count). The van der Waals surface area contributed by atoms with Crippen LogP contribution in [0.4, 0.5) is 18.9 Å². The first-order chi connectivity index (χ1) is 6.50. The highest BCUT2D eigenvalue weighted by atomic mass is 19.3. The van der Waals surface area contributed by atoms with Gasteiger partial charge in [-0.15, -0.1) is 0 Å². The first-order valence-electron chi connectivity index (χ1n) is 3.86. The molecule has 5 heteroatoms. The fourth-order valence-electron chi connectivity index (χ4n) is 0.922. The van der Waals surface area contributed by atoms with Gasteiger partial charge in [0.2, 0.25) is 0 Å². The summed E-state index contributed by atoms with van der Waals surface area (Å²) in [4.78, 5) is 10.5. The maximum atomic E-state index is 12.9. The Bertz CT molecular complexity index is 352. The van der Waals surface area contributed by atoms with E-state index in [2.05, 4.69) is 0 Å². The van der Waals surface area contributed by atoms with Gasteiger partial charge < -0.3 is 5.32 Å². The van der Waals surface area contributed by atoms with Crippen molar-refractivity contribution < 1.29 is 18.0 Å². The molecule has 0 aliphatic rings. The van der Waals surface area contributed by atoms with Gasteiger partial charge in [0.1, 0.15) is 5.82 Å². The molecule has 1 aromatic carbocycles. The summed E-state index contributed by atoms with van der Waals surface area (Å²) < 4.78 is 36.6. The molecule has 0 atom stereocenters. The van der Waals surface area contributed by atoms with Crippen LogP contribution in [-0.4, -0.2) is 12.3 Å². The Kier molecular flexibility index (Phi) is 3.11. The molecular formula is C9H8F3NO. The van der Waals surface area contributed by atoms with Gasteiger partial charge in [-0.05, 0) is 24.6 Å². The van der Waals surface area contributed by atoms with Crippen LogP contribution in [0.15, 0.2) is 18.2 Å². The molecule has 0 radical (unpaired) electrons. The Hall–Kier alpha value is -1.52. The third-order valence-electron chi connectivity index (χ3n) is 1.58. The van der Waals surface area contributed by atoms with E-state index < -0.39 is 18.1 Å². The van der Waals surface area contributed by atoms with Gasteiger partial charge >= 0.3 is 6.43 Å². The molecule has 0 unspecified atom stereocenters. The van der Waals surface area contributed by atoms with Crippen LogP contribution in [0.25, 0.3) is 0 Å². The predicted molar refractivity (Wildman–Crippen MR) is 45.8 cm³/mol. The van der Waals surface area contributed by atoms with Crippen molar-refractivity contribution in [1.29, 1.82) is 0 Å². The third kappa shape index (κ3) is 2.48. The van der Waals surface area contributed by atoms with Crippen molar-refractivity contribution in [2.45, 2.75) is 13.3 Å². The monoisotopic (exact) mass is 203 g/mol. The number of anilines is 1. The standard InChI is InChI=1S/C9H8F3NO/c1-5-2-3-6(10)7(4-5)13-9(14)8(11)12/h2-4,8H,1H3,(H,13,14). The van der Waals surface area contributed by atoms with Crippen LogP contribution >= 0.6 is 0 Å². The topological polar surface area (TPSA) is 29.1 Å². The molecule has 0 spiro atoms. The number of nitrogens with one attached hydrogen (secondary N) is 1. The second kappa shape index (κ2) is 4.13. The zero-order chi connectivity index (χ0) is 10.7. The minimum atomic E-state index is -3.14. The van der Waals surface area contributed by atoms with Crippen LogP contribution in [0.3, 0.4) is 0 Å². The van der Waals surface area contributed by atoms with Crippen molar-refractivity contribution in [3.63, 3.8) is 0 Å². The summed E-state index contributed by atoms with van der Waals surface area (Å²) in [5.41, 5.74) is 0.450. The zero-order valence-electron chi connectivity index (χ0n) is 7.35. The van der Waals surface area contributed by atoms with Gasteiger partial charge in [0.25, 0.3) is 5.91 Å². The number of hydrogen-bond donors (Lipinski definition) is 1. The molecule has 76 valence electrons. The summed E-state index contributed by atoms with van der Waals surface area (Å²) in [6, 6.07) is 3.87. The Labute approximate surface area is 78.7 Å². The predicted octanol–water partition coefficient (Wildman–Crippen LogP) is 2.34. The Morgan fingerprint density at radius 3 is 2.64 bits per heavy atom. The lowest BCUT2D eigenvalue weighted by Gasteiger charge is -2.06. The SMILES string of the molecule is Cc1ccc(F)c(NC(=O)C(F)F)c1. The van der Waals surface area contributed by atoms with Crippen molar-refractivity contribution in [2.75, 3.05) is 5.32 Å². The van der Waals surface area contributed by atoms with E-state index in [1.807, 2.05) is 0 Å². The van der Waals surface area contributed by atoms with Gasteiger partial charge in [0.05, 0.1) is 5.69 Å². The molecule has 1 N–H and O–H groups in total. The summed E-state index contributed by atoms with van der Waals surface area (Å²) in [6.07, 6.45) is -3.14. The smallest absolute Gasteiger partial charge is 0.315 e. The Balaban J connectivity index is 2.86. The molecule has 1 amide bonds. The minimum Gasteiger partial charge on any atom is -0.319 e. The number of carbonyl (C=O) groups excluding carboxylic acids is 1. The van der Waals surface area contributed by atoms with E-state index in [0.717, 1.165) is 6.07 Å². The average molecular weight is 203 g/mol. The summed E-state index contributed by atoms with van der Waals surface area (Å²) >= 11 is 0. The number of alkyl halides is 2. The van der Waals surface area contributed by atoms with Crippen molar-refractivity contribution in [3.05, 3.63) is 29.6 Å². The first-order valence-corrected chi connectivity index (χ1v) is 3.86. The lowest BCUT2D eigenvalue weighted by molar-refractivity contribution is -0.126. The van der Waals surface area contributed by atoms with Crippen LogP contribution in [-0.2, 0) is 4.79 Å². The van der Waals surface area contributed by atoms with Gasteiger partial charge in [-0.2, -0.15) is 8.78 Å². The molecule has 0 aliphatic heterocycles. The van der Waals surface area contributed by atoms with Crippen LogP contribution < -0.4 is 5.32 Å². The molecule has 14 heavy (non-hydrogen) atoms. The summed E-state index contributed by atoms with van der Waals surface area (Å²) in [7, 11) is 0. The lowest BCUT2D eigenvalue weighted by Crippen LogP contribution is -2.20. The average Bonchev–Trinajstić information content (AvgIpc) is 2.11. The van der Waals surface area contributed by atoms with Crippen LogP contribution in [0.1, 0.15) is 5.56 Å². The van der Waals surface area contributed by atoms with Gasteiger partial charge in [0.15, 0.2) is 0 Å². The number of aryl methyl sites for hydroxylation is 1. The van der Waals surface area contributed by atoms with Crippen molar-refractivity contribution >= 4 is 11.6 Å². The minimum absolute atomic E-state index is 0.227. The second-order valence-corrected chi connectivity index (χ2v) is 2.77. The van der Waals surface area contributed by atoms with E-state index in [9.17, 15) is 18.0 Å². The molecule has 0 aromatic heterocycles. The van der Waals surface area contributed by atoms with E-state index in [4.69, 9.17) is 0 Å². The maximum absolute atomic E-state index is 12.9. The lowest BCUT2D eigenvalue weighted by atomic mass is 10.2. The van der Waals surface area contributed by atoms with Crippen molar-refractivity contribution in [3.8, 4) is 0 Å². The molecule has 0 heterocycles. The van der Waals surface area contributed by atoms with Crippen molar-refractivity contribution in [1.82, 2.24) is 0 Å². The molecule has 0 saturated heterocycles. The largest absolute Gasteiger partial charge is 0.319 e. The van der Waals surface area contributed by atoms with E-state index in [-0.39, 0.29) is 5.69 Å². The number of hydrogen-bond acceptors (Lipinski definition) is 1. The van der Waals surface area contributed by atoms with E-state index in [1.165, 1.54) is 12.1 Å². The summed E-state index contributed by atoms with van der Waals surface area (Å²) in [5.74, 6) is -2.24. The molecule has 0 fully saturated rings. The molecule has 1 aromatic rings. The van der Waals surface area contributed by atoms with E-state index in [1.54, 1.807) is 12.2 Å². The number of amides is 1. The Morgan fingerprint density at radius 2 is 2.07 bits per heavy atom. The fraction of sp³-hybridized carbons (Fsp3) is 0.222. The normalized spacial score (nSPS) is 10.4. The van der Waals surface area contributed by atoms with Gasteiger partial charge in [-0.1, -0.05) is 6.07 Å². The molecule has 0 saturated carbocycles. The molecule has 2 nitrogen and oxygen atoms in total. The summed E-state index contributed by atoms with van der Waals surface area (Å²) in [6.45, 7) is 1.66. The zero-order valence-corrected chi connectivity index (χ0v) is 7.35. The highest BCUT2D eigenvalue weighted by Crippen LogP contribution is 2.16. The highest BCUT2D eigenvalue weighted by molar-refractivity contribution is 5.93. The van der Waals surface area contributed by atoms with Crippen LogP contribution in [0, 0.1) is 12.7 Å². The van der Waals surface area contributed by atoms with Crippen molar-refractivity contribution in [2.24, 2.45) is 0 Å². The quantitative estimate of drug-likeness (QED) is 0.785. The number of carbonyl (C=O) groups is 1. The van der Waals surface area contributed by atoms with Gasteiger partial charge in [-0.3, -0.25) is 4.79 Å². The van der Waals surface area contributed by atoms with Gasteiger partial charge in [-0.25, -0.2) is 4.39 Å². The first kappa shape index (κ1) is 10.6.